The van der Waals surface area contributed by atoms with E-state index in [2.05, 4.69) is 96.8 Å². The van der Waals surface area contributed by atoms with E-state index in [1.807, 2.05) is 57.2 Å². The highest BCUT2D eigenvalue weighted by molar-refractivity contribution is 7.99. The third-order valence-corrected chi connectivity index (χ3v) is 7.99. The molecule has 0 spiro atoms. The maximum atomic E-state index is 14.0. The van der Waals surface area contributed by atoms with Crippen LogP contribution in [0.4, 0.5) is 0 Å². The molecule has 39 heavy (non-hydrogen) atoms. The SMILES string of the molecule is C[C@H](c1ccccc1)N(Cc1ccccc1)[C@H](c1ccccc1)[C@@H](SCc1ccccc1)C(=O)OC(C)(C)C. The summed E-state index contributed by atoms with van der Waals surface area (Å²) in [5, 5.41) is -0.443. The molecule has 0 aliphatic carbocycles. The van der Waals surface area contributed by atoms with Gasteiger partial charge in [-0.1, -0.05) is 121 Å². The van der Waals surface area contributed by atoms with Gasteiger partial charge in [0.25, 0.3) is 0 Å². The Labute approximate surface area is 238 Å². The van der Waals surface area contributed by atoms with Crippen LogP contribution in [0.5, 0.6) is 0 Å². The molecular weight excluding hydrogens is 498 g/mol. The highest BCUT2D eigenvalue weighted by Gasteiger charge is 2.39. The Kier molecular flexibility index (Phi) is 10.0. The van der Waals surface area contributed by atoms with E-state index < -0.39 is 10.9 Å². The Morgan fingerprint density at radius 1 is 0.718 bits per heavy atom. The summed E-state index contributed by atoms with van der Waals surface area (Å²) in [4.78, 5) is 16.5. The molecule has 0 saturated heterocycles. The lowest BCUT2D eigenvalue weighted by Crippen LogP contribution is -2.42. The number of carbonyl (C=O) groups is 1. The molecule has 0 fully saturated rings. The van der Waals surface area contributed by atoms with Crippen LogP contribution in [0, 0.1) is 0 Å². The van der Waals surface area contributed by atoms with E-state index >= 15 is 0 Å². The molecule has 0 bridgehead atoms. The van der Waals surface area contributed by atoms with Gasteiger partial charge in [-0.05, 0) is 49.9 Å². The minimum atomic E-state index is -0.584. The van der Waals surface area contributed by atoms with Crippen LogP contribution in [-0.4, -0.2) is 21.7 Å². The van der Waals surface area contributed by atoms with E-state index in [1.165, 1.54) is 16.7 Å². The van der Waals surface area contributed by atoms with Crippen LogP contribution >= 0.6 is 11.8 Å². The summed E-state index contributed by atoms with van der Waals surface area (Å²) in [5.41, 5.74) is 4.13. The number of thioether (sulfide) groups is 1. The molecule has 4 rings (SSSR count). The summed E-state index contributed by atoms with van der Waals surface area (Å²) < 4.78 is 6.09. The van der Waals surface area contributed by atoms with Gasteiger partial charge in [-0.25, -0.2) is 0 Å². The Bertz CT molecular complexity index is 1270. The molecular formula is C35H39NO2S. The Morgan fingerprint density at radius 3 is 1.69 bits per heavy atom. The van der Waals surface area contributed by atoms with Gasteiger partial charge in [-0.15, -0.1) is 11.8 Å². The number of hydrogen-bond acceptors (Lipinski definition) is 4. The lowest BCUT2D eigenvalue weighted by molar-refractivity contribution is -0.155. The molecule has 0 heterocycles. The lowest BCUT2D eigenvalue weighted by atomic mass is 9.96. The van der Waals surface area contributed by atoms with Gasteiger partial charge >= 0.3 is 5.97 Å². The van der Waals surface area contributed by atoms with Crippen molar-refractivity contribution in [2.75, 3.05) is 0 Å². The first-order valence-corrected chi connectivity index (χ1v) is 14.6. The van der Waals surface area contributed by atoms with Crippen molar-refractivity contribution in [3.8, 4) is 0 Å². The zero-order valence-electron chi connectivity index (χ0n) is 23.4. The molecule has 0 amide bonds. The number of hydrogen-bond donors (Lipinski definition) is 0. The van der Waals surface area contributed by atoms with Crippen LogP contribution in [0.1, 0.15) is 62.0 Å². The first kappa shape index (κ1) is 28.7. The lowest BCUT2D eigenvalue weighted by Gasteiger charge is -2.41. The van der Waals surface area contributed by atoms with Crippen molar-refractivity contribution in [3.63, 3.8) is 0 Å². The minimum absolute atomic E-state index is 0.0545. The fourth-order valence-corrected chi connectivity index (χ4v) is 6.04. The van der Waals surface area contributed by atoms with E-state index in [4.69, 9.17) is 4.74 Å². The summed E-state index contributed by atoms with van der Waals surface area (Å²) in [6.45, 7) is 8.75. The van der Waals surface area contributed by atoms with Gasteiger partial charge in [0.2, 0.25) is 0 Å². The monoisotopic (exact) mass is 537 g/mol. The standard InChI is InChI=1S/C35H39NO2S/c1-27(30-21-13-7-14-22-30)36(25-28-17-9-5-10-18-28)32(31-23-15-8-16-24-31)33(34(37)38-35(2,3)4)39-26-29-19-11-6-12-20-29/h5-24,27,32-33H,25-26H2,1-4H3/t27-,32-,33-/m1/s1. The fraction of sp³-hybridized carbons (Fsp3) is 0.286. The van der Waals surface area contributed by atoms with E-state index in [0.29, 0.717) is 12.3 Å². The summed E-state index contributed by atoms with van der Waals surface area (Å²) >= 11 is 1.66. The van der Waals surface area contributed by atoms with Crippen LogP contribution < -0.4 is 0 Å². The van der Waals surface area contributed by atoms with Crippen LogP contribution in [0.25, 0.3) is 0 Å². The second kappa shape index (κ2) is 13.6. The van der Waals surface area contributed by atoms with Gasteiger partial charge in [-0.2, -0.15) is 0 Å². The molecule has 4 heteroatoms. The van der Waals surface area contributed by atoms with Gasteiger partial charge in [0.05, 0.1) is 6.04 Å². The van der Waals surface area contributed by atoms with Crippen molar-refractivity contribution in [3.05, 3.63) is 144 Å². The molecule has 0 aromatic heterocycles. The zero-order chi connectivity index (χ0) is 27.7. The number of nitrogens with zero attached hydrogens (tertiary/aromatic N) is 1. The third kappa shape index (κ3) is 8.32. The van der Waals surface area contributed by atoms with E-state index in [9.17, 15) is 4.79 Å². The fourth-order valence-electron chi connectivity index (χ4n) is 4.79. The number of carbonyl (C=O) groups excluding carboxylic acids is 1. The predicted molar refractivity (Wildman–Crippen MR) is 163 cm³/mol. The highest BCUT2D eigenvalue weighted by Crippen LogP contribution is 2.41. The molecule has 4 aromatic rings. The van der Waals surface area contributed by atoms with E-state index in [-0.39, 0.29) is 18.1 Å². The largest absolute Gasteiger partial charge is 0.459 e. The van der Waals surface area contributed by atoms with Gasteiger partial charge in [0.1, 0.15) is 10.9 Å². The molecule has 0 aliphatic heterocycles. The summed E-state index contributed by atoms with van der Waals surface area (Å²) in [7, 11) is 0. The van der Waals surface area contributed by atoms with Crippen LogP contribution in [0.3, 0.4) is 0 Å². The zero-order valence-corrected chi connectivity index (χ0v) is 24.2. The maximum absolute atomic E-state index is 14.0. The molecule has 3 atom stereocenters. The molecule has 202 valence electrons. The number of rotatable bonds is 11. The minimum Gasteiger partial charge on any atom is -0.459 e. The summed E-state index contributed by atoms with van der Waals surface area (Å²) in [6.07, 6.45) is 0. The second-order valence-electron chi connectivity index (χ2n) is 10.9. The summed E-state index contributed by atoms with van der Waals surface area (Å²) in [5.74, 6) is 0.531. The second-order valence-corrected chi connectivity index (χ2v) is 12.0. The first-order chi connectivity index (χ1) is 18.8. The molecule has 4 aromatic carbocycles. The first-order valence-electron chi connectivity index (χ1n) is 13.6. The molecule has 0 radical (unpaired) electrons. The average Bonchev–Trinajstić information content (AvgIpc) is 2.95. The van der Waals surface area contributed by atoms with Gasteiger partial charge < -0.3 is 4.74 Å². The van der Waals surface area contributed by atoms with Gasteiger partial charge in [-0.3, -0.25) is 9.69 Å². The van der Waals surface area contributed by atoms with Crippen molar-refractivity contribution < 1.29 is 9.53 Å². The molecule has 0 saturated carbocycles. The van der Waals surface area contributed by atoms with Gasteiger partial charge in [0.15, 0.2) is 0 Å². The van der Waals surface area contributed by atoms with Crippen molar-refractivity contribution in [1.82, 2.24) is 4.90 Å². The van der Waals surface area contributed by atoms with Crippen LogP contribution in [0.2, 0.25) is 0 Å². The van der Waals surface area contributed by atoms with Crippen molar-refractivity contribution >= 4 is 17.7 Å². The Hall–Kier alpha value is -3.34. The predicted octanol–water partition coefficient (Wildman–Crippen LogP) is 8.63. The molecule has 0 N–H and O–H groups in total. The molecule has 0 unspecified atom stereocenters. The Balaban J connectivity index is 1.82. The van der Waals surface area contributed by atoms with E-state index in [1.54, 1.807) is 11.8 Å². The number of benzene rings is 4. The average molecular weight is 538 g/mol. The van der Waals surface area contributed by atoms with E-state index in [0.717, 1.165) is 5.56 Å². The smallest absolute Gasteiger partial charge is 0.321 e. The highest BCUT2D eigenvalue weighted by atomic mass is 32.2. The molecule has 3 nitrogen and oxygen atoms in total. The summed E-state index contributed by atoms with van der Waals surface area (Å²) in [6, 6.07) is 41.7. The quantitative estimate of drug-likeness (QED) is 0.179. The topological polar surface area (TPSA) is 29.5 Å². The number of esters is 1. The Morgan fingerprint density at radius 2 is 1.18 bits per heavy atom. The van der Waals surface area contributed by atoms with Crippen LogP contribution in [0.15, 0.2) is 121 Å². The van der Waals surface area contributed by atoms with Crippen molar-refractivity contribution in [1.29, 1.82) is 0 Å². The van der Waals surface area contributed by atoms with Crippen LogP contribution in [-0.2, 0) is 21.8 Å². The normalized spacial score (nSPS) is 14.0. The number of ether oxygens (including phenoxy) is 1. The third-order valence-electron chi connectivity index (χ3n) is 6.68. The maximum Gasteiger partial charge on any atom is 0.321 e. The van der Waals surface area contributed by atoms with Crippen molar-refractivity contribution in [2.24, 2.45) is 0 Å². The molecule has 0 aliphatic rings. The van der Waals surface area contributed by atoms with Gasteiger partial charge in [0, 0.05) is 18.3 Å². The van der Waals surface area contributed by atoms with Crippen molar-refractivity contribution in [2.45, 2.75) is 62.9 Å².